The number of carbonyl (C=O) groups is 1. The number of benzene rings is 1. The Balaban J connectivity index is 1.78. The molecular weight excluding hydrogens is 308 g/mol. The number of ether oxygens (including phenoxy) is 3. The number of halogens is 1. The first-order valence-electron chi connectivity index (χ1n) is 6.74. The second-order valence-corrected chi connectivity index (χ2v) is 5.44. The third-order valence-electron chi connectivity index (χ3n) is 3.57. The lowest BCUT2D eigenvalue weighted by Gasteiger charge is -2.21. The van der Waals surface area contributed by atoms with Gasteiger partial charge in [0, 0.05) is 28.9 Å². The molecule has 0 radical (unpaired) electrons. The highest BCUT2D eigenvalue weighted by atomic mass is 35.5. The molecule has 0 unspecified atom stereocenters. The van der Waals surface area contributed by atoms with Crippen LogP contribution in [0.3, 0.4) is 0 Å². The Morgan fingerprint density at radius 2 is 2.32 bits per heavy atom. The van der Waals surface area contributed by atoms with Crippen molar-refractivity contribution in [2.75, 3.05) is 6.79 Å². The lowest BCUT2D eigenvalue weighted by atomic mass is 10.1. The molecule has 6 nitrogen and oxygen atoms in total. The largest absolute Gasteiger partial charge is 0.467 e. The summed E-state index contributed by atoms with van der Waals surface area (Å²) in [6.07, 6.45) is 1.50. The summed E-state index contributed by atoms with van der Waals surface area (Å²) < 4.78 is 17.7. The first-order chi connectivity index (χ1) is 10.6. The van der Waals surface area contributed by atoms with E-state index in [1.807, 2.05) is 6.92 Å². The zero-order chi connectivity index (χ0) is 15.7. The molecule has 0 fully saturated rings. The Hall–Kier alpha value is -2.05. The smallest absolute Gasteiger partial charge is 0.341 e. The molecule has 0 spiro atoms. The van der Waals surface area contributed by atoms with Crippen LogP contribution in [-0.4, -0.2) is 22.5 Å². The monoisotopic (exact) mass is 322 g/mol. The number of esters is 1. The summed E-state index contributed by atoms with van der Waals surface area (Å²) >= 11 is 6.08. The van der Waals surface area contributed by atoms with Crippen molar-refractivity contribution < 1.29 is 19.0 Å². The zero-order valence-electron chi connectivity index (χ0n) is 12.3. The van der Waals surface area contributed by atoms with E-state index in [-0.39, 0.29) is 13.4 Å². The van der Waals surface area contributed by atoms with Crippen molar-refractivity contribution in [2.45, 2.75) is 20.1 Å². The molecule has 0 saturated carbocycles. The van der Waals surface area contributed by atoms with E-state index in [0.29, 0.717) is 22.9 Å². The van der Waals surface area contributed by atoms with E-state index in [9.17, 15) is 4.79 Å². The van der Waals surface area contributed by atoms with Gasteiger partial charge in [-0.05, 0) is 19.1 Å². The predicted molar refractivity (Wildman–Crippen MR) is 78.8 cm³/mol. The summed E-state index contributed by atoms with van der Waals surface area (Å²) in [7, 11) is 1.77. The molecule has 2 aromatic rings. The van der Waals surface area contributed by atoms with Crippen molar-refractivity contribution in [1.29, 1.82) is 0 Å². The van der Waals surface area contributed by atoms with Gasteiger partial charge in [0.2, 0.25) is 0 Å². The minimum absolute atomic E-state index is 0.0794. The van der Waals surface area contributed by atoms with Crippen molar-refractivity contribution in [3.63, 3.8) is 0 Å². The molecule has 0 amide bonds. The van der Waals surface area contributed by atoms with Gasteiger partial charge in [-0.15, -0.1) is 0 Å². The van der Waals surface area contributed by atoms with Crippen LogP contribution >= 0.6 is 11.6 Å². The van der Waals surface area contributed by atoms with Gasteiger partial charge in [-0.3, -0.25) is 4.68 Å². The zero-order valence-corrected chi connectivity index (χ0v) is 13.0. The number of hydrogen-bond acceptors (Lipinski definition) is 5. The first-order valence-corrected chi connectivity index (χ1v) is 7.11. The van der Waals surface area contributed by atoms with Crippen LogP contribution in [0.25, 0.3) is 0 Å². The van der Waals surface area contributed by atoms with Crippen LogP contribution in [0.4, 0.5) is 0 Å². The van der Waals surface area contributed by atoms with E-state index < -0.39 is 5.97 Å². The van der Waals surface area contributed by atoms with Crippen LogP contribution in [0, 0.1) is 6.92 Å². The fourth-order valence-corrected chi connectivity index (χ4v) is 2.55. The number of aryl methyl sites for hydroxylation is 1. The summed E-state index contributed by atoms with van der Waals surface area (Å²) in [6, 6.07) is 3.52. The van der Waals surface area contributed by atoms with Crippen molar-refractivity contribution in [1.82, 2.24) is 9.78 Å². The standard InChI is InChI=1S/C15H15ClN2O4/c1-9-13(5-17-18(9)2)15(19)21-7-11-4-12(16)3-10-6-20-8-22-14(10)11/h3-5H,6-8H2,1-2H3. The van der Waals surface area contributed by atoms with E-state index in [1.165, 1.54) is 6.20 Å². The van der Waals surface area contributed by atoms with Gasteiger partial charge >= 0.3 is 5.97 Å². The number of carbonyl (C=O) groups excluding carboxylic acids is 1. The van der Waals surface area contributed by atoms with Gasteiger partial charge in [0.25, 0.3) is 0 Å². The maximum atomic E-state index is 12.1. The Bertz CT molecular complexity index is 727. The molecule has 1 aliphatic rings. The van der Waals surface area contributed by atoms with Crippen molar-refractivity contribution in [3.05, 3.63) is 45.7 Å². The molecule has 3 rings (SSSR count). The van der Waals surface area contributed by atoms with E-state index in [1.54, 1.807) is 23.9 Å². The van der Waals surface area contributed by atoms with Gasteiger partial charge in [0.1, 0.15) is 17.9 Å². The van der Waals surface area contributed by atoms with Gasteiger partial charge in [-0.25, -0.2) is 4.79 Å². The fourth-order valence-electron chi connectivity index (χ4n) is 2.28. The van der Waals surface area contributed by atoms with Gasteiger partial charge in [-0.1, -0.05) is 11.6 Å². The highest BCUT2D eigenvalue weighted by molar-refractivity contribution is 6.30. The van der Waals surface area contributed by atoms with E-state index >= 15 is 0 Å². The quantitative estimate of drug-likeness (QED) is 0.813. The third kappa shape index (κ3) is 2.80. The third-order valence-corrected chi connectivity index (χ3v) is 3.78. The van der Waals surface area contributed by atoms with Crippen molar-refractivity contribution in [3.8, 4) is 5.75 Å². The topological polar surface area (TPSA) is 62.6 Å². The van der Waals surface area contributed by atoms with Crippen LogP contribution in [0.5, 0.6) is 5.75 Å². The SMILES string of the molecule is Cc1c(C(=O)OCc2cc(Cl)cc3c2OCOC3)cnn1C. The van der Waals surface area contributed by atoms with Crippen molar-refractivity contribution in [2.24, 2.45) is 7.05 Å². The minimum atomic E-state index is -0.425. The molecular formula is C15H15ClN2O4. The van der Waals surface area contributed by atoms with E-state index in [4.69, 9.17) is 25.8 Å². The molecule has 1 aliphatic heterocycles. The molecule has 0 saturated heterocycles. The molecule has 1 aromatic carbocycles. The molecule has 22 heavy (non-hydrogen) atoms. The Morgan fingerprint density at radius 1 is 1.50 bits per heavy atom. The van der Waals surface area contributed by atoms with Crippen molar-refractivity contribution >= 4 is 17.6 Å². The molecule has 7 heteroatoms. The van der Waals surface area contributed by atoms with Gasteiger partial charge in [0.05, 0.1) is 12.8 Å². The molecule has 0 aliphatic carbocycles. The second-order valence-electron chi connectivity index (χ2n) is 5.01. The van der Waals surface area contributed by atoms with Crippen LogP contribution in [0.15, 0.2) is 18.3 Å². The summed E-state index contributed by atoms with van der Waals surface area (Å²) in [6.45, 7) is 2.50. The summed E-state index contributed by atoms with van der Waals surface area (Å²) in [5, 5.41) is 4.58. The number of hydrogen-bond donors (Lipinski definition) is 0. The summed E-state index contributed by atoms with van der Waals surface area (Å²) in [5.74, 6) is 0.248. The Morgan fingerprint density at radius 3 is 3.05 bits per heavy atom. The number of nitrogens with zero attached hydrogens (tertiary/aromatic N) is 2. The summed E-state index contributed by atoms with van der Waals surface area (Å²) in [4.78, 5) is 12.1. The van der Waals surface area contributed by atoms with Crippen LogP contribution in [0.2, 0.25) is 5.02 Å². The van der Waals surface area contributed by atoms with Crippen LogP contribution in [0.1, 0.15) is 27.2 Å². The number of aromatic nitrogens is 2. The minimum Gasteiger partial charge on any atom is -0.467 e. The van der Waals surface area contributed by atoms with E-state index in [2.05, 4.69) is 5.10 Å². The van der Waals surface area contributed by atoms with E-state index in [0.717, 1.165) is 16.8 Å². The average molecular weight is 323 g/mol. The van der Waals surface area contributed by atoms with Gasteiger partial charge in [-0.2, -0.15) is 5.10 Å². The fraction of sp³-hybridized carbons (Fsp3) is 0.333. The van der Waals surface area contributed by atoms with Crippen LogP contribution < -0.4 is 4.74 Å². The van der Waals surface area contributed by atoms with Crippen LogP contribution in [-0.2, 0) is 29.7 Å². The lowest BCUT2D eigenvalue weighted by Crippen LogP contribution is -2.14. The number of rotatable bonds is 3. The first kappa shape index (κ1) is 14.9. The molecule has 1 aromatic heterocycles. The predicted octanol–water partition coefficient (Wildman–Crippen LogP) is 2.61. The normalized spacial score (nSPS) is 13.4. The molecule has 116 valence electrons. The molecule has 0 atom stereocenters. The van der Waals surface area contributed by atoms with Gasteiger partial charge in [0.15, 0.2) is 6.79 Å². The second kappa shape index (κ2) is 5.98. The average Bonchev–Trinajstić information content (AvgIpc) is 2.84. The highest BCUT2D eigenvalue weighted by Gasteiger charge is 2.19. The summed E-state index contributed by atoms with van der Waals surface area (Å²) in [5.41, 5.74) is 2.77. The molecule has 2 heterocycles. The Labute approximate surface area is 132 Å². The maximum absolute atomic E-state index is 12.1. The maximum Gasteiger partial charge on any atom is 0.341 e. The van der Waals surface area contributed by atoms with Gasteiger partial charge < -0.3 is 14.2 Å². The number of fused-ring (bicyclic) bond motifs is 1. The highest BCUT2D eigenvalue weighted by Crippen LogP contribution is 2.32. The molecule has 0 bridgehead atoms. The Kier molecular flexibility index (Phi) is 4.04. The molecule has 0 N–H and O–H groups in total. The lowest BCUT2D eigenvalue weighted by molar-refractivity contribution is -0.0180.